The van der Waals surface area contributed by atoms with Gasteiger partial charge in [-0.3, -0.25) is 0 Å². The molecule has 0 aliphatic carbocycles. The second-order valence-electron chi connectivity index (χ2n) is 6.20. The molecule has 0 bridgehead atoms. The van der Waals surface area contributed by atoms with Crippen LogP contribution in [0.3, 0.4) is 0 Å². The molecule has 3 nitrogen and oxygen atoms in total. The van der Waals surface area contributed by atoms with E-state index >= 15 is 0 Å². The lowest BCUT2D eigenvalue weighted by Crippen LogP contribution is -2.29. The van der Waals surface area contributed by atoms with E-state index in [1.54, 1.807) is 30.3 Å². The summed E-state index contributed by atoms with van der Waals surface area (Å²) in [5.41, 5.74) is 1.96. The summed E-state index contributed by atoms with van der Waals surface area (Å²) in [6, 6.07) is 11.1. The van der Waals surface area contributed by atoms with Gasteiger partial charge in [-0.1, -0.05) is 12.1 Å². The van der Waals surface area contributed by atoms with E-state index in [0.29, 0.717) is 5.75 Å². The molecule has 1 aliphatic heterocycles. The number of ether oxygens (including phenoxy) is 1. The summed E-state index contributed by atoms with van der Waals surface area (Å²) in [6.07, 6.45) is 3.13. The molecule has 1 aliphatic rings. The van der Waals surface area contributed by atoms with E-state index in [2.05, 4.69) is 0 Å². The second-order valence-corrected chi connectivity index (χ2v) is 8.22. The van der Waals surface area contributed by atoms with E-state index in [4.69, 9.17) is 4.74 Å². The van der Waals surface area contributed by atoms with Crippen LogP contribution in [-0.2, 0) is 9.84 Å². The highest BCUT2D eigenvalue weighted by Gasteiger charge is 2.28. The van der Waals surface area contributed by atoms with E-state index in [1.165, 1.54) is 18.4 Å². The zero-order chi connectivity index (χ0) is 16.8. The molecule has 0 amide bonds. The summed E-state index contributed by atoms with van der Waals surface area (Å²) in [5, 5.41) is 0. The van der Waals surface area contributed by atoms with Crippen LogP contribution >= 0.6 is 0 Å². The van der Waals surface area contributed by atoms with Gasteiger partial charge >= 0.3 is 0 Å². The van der Waals surface area contributed by atoms with Gasteiger partial charge in [0.15, 0.2) is 9.84 Å². The molecule has 2 aromatic carbocycles. The van der Waals surface area contributed by atoms with Crippen LogP contribution < -0.4 is 4.74 Å². The maximum absolute atomic E-state index is 13.2. The van der Waals surface area contributed by atoms with Gasteiger partial charge in [0.2, 0.25) is 0 Å². The third-order valence-electron chi connectivity index (χ3n) is 3.69. The summed E-state index contributed by atoms with van der Waals surface area (Å²) in [6.45, 7) is 3.79. The largest absolute Gasteiger partial charge is 0.483 e. The Morgan fingerprint density at radius 2 is 1.70 bits per heavy atom. The molecule has 0 spiro atoms. The van der Waals surface area contributed by atoms with Crippen LogP contribution in [0.5, 0.6) is 5.75 Å². The van der Waals surface area contributed by atoms with Crippen molar-refractivity contribution in [2.45, 2.75) is 24.3 Å². The molecular weight excluding hydrogens is 315 g/mol. The van der Waals surface area contributed by atoms with Crippen molar-refractivity contribution in [2.75, 3.05) is 6.26 Å². The third-order valence-corrected chi connectivity index (χ3v) is 4.80. The Balaban J connectivity index is 2.18. The fourth-order valence-electron chi connectivity index (χ4n) is 2.65. The van der Waals surface area contributed by atoms with Crippen LogP contribution in [-0.4, -0.2) is 20.3 Å². The van der Waals surface area contributed by atoms with Crippen molar-refractivity contribution in [3.63, 3.8) is 0 Å². The van der Waals surface area contributed by atoms with Gasteiger partial charge in [0.25, 0.3) is 0 Å². The van der Waals surface area contributed by atoms with Crippen molar-refractivity contribution < 1.29 is 17.5 Å². The molecule has 0 atom stereocenters. The van der Waals surface area contributed by atoms with Crippen LogP contribution in [0.25, 0.3) is 5.57 Å². The molecule has 2 aromatic rings. The Bertz CT molecular complexity index is 894. The van der Waals surface area contributed by atoms with Crippen molar-refractivity contribution >= 4 is 15.4 Å². The lowest BCUT2D eigenvalue weighted by atomic mass is 9.90. The Kier molecular flexibility index (Phi) is 3.56. The van der Waals surface area contributed by atoms with Crippen molar-refractivity contribution in [3.05, 3.63) is 65.5 Å². The molecule has 1 heterocycles. The number of sulfone groups is 1. The van der Waals surface area contributed by atoms with Gasteiger partial charge in [-0.25, -0.2) is 12.8 Å². The SMILES string of the molecule is CC1(C)C=C(c2ccc(F)cc2)c2ccc(S(C)(=O)=O)cc2O1. The normalized spacial score (nSPS) is 16.3. The Morgan fingerprint density at radius 1 is 1.04 bits per heavy atom. The maximum atomic E-state index is 13.2. The molecule has 0 saturated carbocycles. The monoisotopic (exact) mass is 332 g/mol. The van der Waals surface area contributed by atoms with Gasteiger partial charge in [0, 0.05) is 11.8 Å². The van der Waals surface area contributed by atoms with Crippen LogP contribution in [0, 0.1) is 5.82 Å². The molecule has 3 rings (SSSR count). The number of rotatable bonds is 2. The molecule has 5 heteroatoms. The smallest absolute Gasteiger partial charge is 0.175 e. The number of fused-ring (bicyclic) bond motifs is 1. The highest BCUT2D eigenvalue weighted by molar-refractivity contribution is 7.90. The minimum absolute atomic E-state index is 0.215. The predicted octanol–water partition coefficient (Wildman–Crippen LogP) is 3.83. The molecular formula is C18H17FO3S. The highest BCUT2D eigenvalue weighted by atomic mass is 32.2. The Labute approximate surface area is 135 Å². The summed E-state index contributed by atoms with van der Waals surface area (Å²) in [4.78, 5) is 0.215. The van der Waals surface area contributed by atoms with Crippen molar-refractivity contribution in [3.8, 4) is 5.75 Å². The lowest BCUT2D eigenvalue weighted by molar-refractivity contribution is 0.158. The Morgan fingerprint density at radius 3 is 2.30 bits per heavy atom. The average molecular weight is 332 g/mol. The van der Waals surface area contributed by atoms with E-state index in [-0.39, 0.29) is 10.7 Å². The number of hydrogen-bond donors (Lipinski definition) is 0. The third kappa shape index (κ3) is 3.15. The fourth-order valence-corrected chi connectivity index (χ4v) is 3.28. The molecule has 0 aromatic heterocycles. The molecule has 0 radical (unpaired) electrons. The summed E-state index contributed by atoms with van der Waals surface area (Å²) < 4.78 is 42.6. The number of hydrogen-bond acceptors (Lipinski definition) is 3. The van der Waals surface area contributed by atoms with E-state index < -0.39 is 15.4 Å². The van der Waals surface area contributed by atoms with E-state index in [0.717, 1.165) is 16.7 Å². The molecule has 0 saturated heterocycles. The van der Waals surface area contributed by atoms with Crippen molar-refractivity contribution in [1.29, 1.82) is 0 Å². The van der Waals surface area contributed by atoms with Gasteiger partial charge in [-0.05, 0) is 61.4 Å². The molecule has 0 unspecified atom stereocenters. The van der Waals surface area contributed by atoms with E-state index in [9.17, 15) is 12.8 Å². The second kappa shape index (κ2) is 5.20. The van der Waals surface area contributed by atoms with Gasteiger partial charge in [0.05, 0.1) is 4.90 Å². The first-order valence-electron chi connectivity index (χ1n) is 7.18. The average Bonchev–Trinajstić information content (AvgIpc) is 2.44. The standard InChI is InChI=1S/C18H17FO3S/c1-18(2)11-16(12-4-6-13(19)7-5-12)15-9-8-14(23(3,20)21)10-17(15)22-18/h4-11H,1-3H3. The van der Waals surface area contributed by atoms with Crippen LogP contribution in [0.15, 0.2) is 53.4 Å². The predicted molar refractivity (Wildman–Crippen MR) is 87.7 cm³/mol. The van der Waals surface area contributed by atoms with E-state index in [1.807, 2.05) is 19.9 Å². The molecule has 0 N–H and O–H groups in total. The van der Waals surface area contributed by atoms with Crippen LogP contribution in [0.2, 0.25) is 0 Å². The summed E-state index contributed by atoms with van der Waals surface area (Å²) in [5.74, 6) is 0.216. The lowest BCUT2D eigenvalue weighted by Gasteiger charge is -2.31. The minimum Gasteiger partial charge on any atom is -0.483 e. The minimum atomic E-state index is -3.31. The van der Waals surface area contributed by atoms with Crippen LogP contribution in [0.4, 0.5) is 4.39 Å². The number of benzene rings is 2. The van der Waals surface area contributed by atoms with Crippen molar-refractivity contribution in [1.82, 2.24) is 0 Å². The molecule has 23 heavy (non-hydrogen) atoms. The highest BCUT2D eigenvalue weighted by Crippen LogP contribution is 2.40. The quantitative estimate of drug-likeness (QED) is 0.839. The van der Waals surface area contributed by atoms with Crippen LogP contribution in [0.1, 0.15) is 25.0 Å². The van der Waals surface area contributed by atoms with Gasteiger partial charge in [0.1, 0.15) is 17.2 Å². The van der Waals surface area contributed by atoms with Gasteiger partial charge in [-0.15, -0.1) is 0 Å². The first-order valence-corrected chi connectivity index (χ1v) is 9.07. The summed E-state index contributed by atoms with van der Waals surface area (Å²) >= 11 is 0. The maximum Gasteiger partial charge on any atom is 0.175 e. The van der Waals surface area contributed by atoms with Gasteiger partial charge < -0.3 is 4.74 Å². The zero-order valence-corrected chi connectivity index (χ0v) is 13.9. The first kappa shape index (κ1) is 15.7. The number of halogens is 1. The van der Waals surface area contributed by atoms with Gasteiger partial charge in [-0.2, -0.15) is 0 Å². The topological polar surface area (TPSA) is 43.4 Å². The Hall–Kier alpha value is -2.14. The first-order chi connectivity index (χ1) is 10.7. The van der Waals surface area contributed by atoms with Crippen molar-refractivity contribution in [2.24, 2.45) is 0 Å². The zero-order valence-electron chi connectivity index (χ0n) is 13.1. The molecule has 0 fully saturated rings. The summed E-state index contributed by atoms with van der Waals surface area (Å²) in [7, 11) is -3.31. The fraction of sp³-hybridized carbons (Fsp3) is 0.222. The molecule has 120 valence electrons.